The van der Waals surface area contributed by atoms with Crippen molar-refractivity contribution < 1.29 is 9.47 Å². The molecule has 2 aromatic carbocycles. The average molecular weight is 297 g/mol. The lowest BCUT2D eigenvalue weighted by Crippen LogP contribution is -2.46. The summed E-state index contributed by atoms with van der Waals surface area (Å²) >= 11 is 0. The Morgan fingerprint density at radius 2 is 1.77 bits per heavy atom. The topological polar surface area (TPSA) is 30.5 Å². The van der Waals surface area contributed by atoms with Gasteiger partial charge in [0.1, 0.15) is 12.7 Å². The second-order valence-electron chi connectivity index (χ2n) is 5.75. The third kappa shape index (κ3) is 3.80. The van der Waals surface area contributed by atoms with Crippen LogP contribution >= 0.6 is 0 Å². The van der Waals surface area contributed by atoms with E-state index < -0.39 is 0 Å². The molecule has 116 valence electrons. The van der Waals surface area contributed by atoms with Gasteiger partial charge in [-0.25, -0.2) is 0 Å². The van der Waals surface area contributed by atoms with Gasteiger partial charge < -0.3 is 14.8 Å². The fraction of sp³-hybridized carbons (Fsp3) is 0.368. The van der Waals surface area contributed by atoms with Crippen LogP contribution in [0.3, 0.4) is 0 Å². The predicted octanol–water partition coefficient (Wildman–Crippen LogP) is 3.44. The monoisotopic (exact) mass is 297 g/mol. The van der Waals surface area contributed by atoms with Gasteiger partial charge in [0, 0.05) is 6.04 Å². The summed E-state index contributed by atoms with van der Waals surface area (Å²) < 4.78 is 11.8. The number of benzene rings is 2. The summed E-state index contributed by atoms with van der Waals surface area (Å²) in [5.74, 6) is 1.69. The first kappa shape index (κ1) is 14.9. The summed E-state index contributed by atoms with van der Waals surface area (Å²) in [5.41, 5.74) is 1.39. The van der Waals surface area contributed by atoms with Crippen LogP contribution in [-0.2, 0) is 6.42 Å². The number of nitrogens with one attached hydrogen (secondary N) is 1. The summed E-state index contributed by atoms with van der Waals surface area (Å²) in [6.45, 7) is 3.74. The zero-order chi connectivity index (χ0) is 15.2. The van der Waals surface area contributed by atoms with Gasteiger partial charge in [0.25, 0.3) is 0 Å². The maximum Gasteiger partial charge on any atom is 0.161 e. The Balaban J connectivity index is 1.42. The van der Waals surface area contributed by atoms with E-state index in [1.165, 1.54) is 5.56 Å². The molecule has 3 rings (SSSR count). The van der Waals surface area contributed by atoms with E-state index in [1.54, 1.807) is 0 Å². The van der Waals surface area contributed by atoms with Gasteiger partial charge in [-0.3, -0.25) is 0 Å². The lowest BCUT2D eigenvalue weighted by atomic mass is 10.1. The summed E-state index contributed by atoms with van der Waals surface area (Å²) in [6, 6.07) is 18.7. The van der Waals surface area contributed by atoms with Gasteiger partial charge in [0.15, 0.2) is 11.5 Å². The van der Waals surface area contributed by atoms with Gasteiger partial charge in [0.05, 0.1) is 0 Å². The molecule has 1 heterocycles. The number of rotatable bonds is 6. The normalized spacial score (nSPS) is 18.0. The number of hydrogen-bond donors (Lipinski definition) is 1. The second-order valence-corrected chi connectivity index (χ2v) is 5.75. The summed E-state index contributed by atoms with van der Waals surface area (Å²) in [7, 11) is 0. The first-order valence-corrected chi connectivity index (χ1v) is 7.99. The molecule has 0 radical (unpaired) electrons. The molecule has 1 aliphatic rings. The summed E-state index contributed by atoms with van der Waals surface area (Å²) in [6.07, 6.45) is 2.29. The van der Waals surface area contributed by atoms with Crippen molar-refractivity contribution in [3.05, 3.63) is 60.2 Å². The quantitative estimate of drug-likeness (QED) is 0.829. The standard InChI is InChI=1S/C19H23NO2/c1-15(20-13-7-10-16-8-3-2-4-9-16)19-14-21-17-11-5-6-12-18(17)22-19/h2-6,8-9,11-12,15,19-20H,7,10,13-14H2,1H3/t15-,19+/m1/s1. The van der Waals surface area contributed by atoms with Gasteiger partial charge in [-0.05, 0) is 44.0 Å². The molecule has 0 aliphatic carbocycles. The Labute approximate surface area is 132 Å². The molecular weight excluding hydrogens is 274 g/mol. The SMILES string of the molecule is C[C@@H](NCCCc1ccccc1)[C@@H]1COc2ccccc2O1. The van der Waals surface area contributed by atoms with Crippen LogP contribution in [0.4, 0.5) is 0 Å². The lowest BCUT2D eigenvalue weighted by molar-refractivity contribution is 0.0667. The van der Waals surface area contributed by atoms with Crippen LogP contribution < -0.4 is 14.8 Å². The van der Waals surface area contributed by atoms with Crippen molar-refractivity contribution in [1.29, 1.82) is 0 Å². The predicted molar refractivity (Wildman–Crippen MR) is 88.6 cm³/mol. The molecule has 22 heavy (non-hydrogen) atoms. The molecule has 2 atom stereocenters. The minimum absolute atomic E-state index is 0.0617. The van der Waals surface area contributed by atoms with Crippen LogP contribution in [0, 0.1) is 0 Å². The van der Waals surface area contributed by atoms with Crippen LogP contribution in [-0.4, -0.2) is 25.3 Å². The highest BCUT2D eigenvalue weighted by molar-refractivity contribution is 5.40. The highest BCUT2D eigenvalue weighted by atomic mass is 16.6. The minimum atomic E-state index is 0.0617. The smallest absolute Gasteiger partial charge is 0.161 e. The van der Waals surface area contributed by atoms with Crippen LogP contribution in [0.2, 0.25) is 0 Å². The lowest BCUT2D eigenvalue weighted by Gasteiger charge is -2.31. The maximum absolute atomic E-state index is 6.02. The van der Waals surface area contributed by atoms with Gasteiger partial charge in [-0.1, -0.05) is 42.5 Å². The third-order valence-electron chi connectivity index (χ3n) is 4.04. The van der Waals surface area contributed by atoms with Gasteiger partial charge in [0.2, 0.25) is 0 Å². The molecule has 3 heteroatoms. The average Bonchev–Trinajstić information content (AvgIpc) is 2.59. The van der Waals surface area contributed by atoms with Crippen molar-refractivity contribution in [2.75, 3.05) is 13.2 Å². The molecule has 0 bridgehead atoms. The number of fused-ring (bicyclic) bond motifs is 1. The Morgan fingerprint density at radius 1 is 1.05 bits per heavy atom. The molecule has 0 fully saturated rings. The van der Waals surface area contributed by atoms with Gasteiger partial charge in [-0.2, -0.15) is 0 Å². The van der Waals surface area contributed by atoms with Crippen LogP contribution in [0.1, 0.15) is 18.9 Å². The Hall–Kier alpha value is -2.00. The Morgan fingerprint density at radius 3 is 2.59 bits per heavy atom. The van der Waals surface area contributed by atoms with E-state index in [-0.39, 0.29) is 12.1 Å². The second kappa shape index (κ2) is 7.32. The molecule has 0 spiro atoms. The summed E-state index contributed by atoms with van der Waals surface area (Å²) in [4.78, 5) is 0. The molecule has 0 aromatic heterocycles. The van der Waals surface area contributed by atoms with Crippen molar-refractivity contribution in [1.82, 2.24) is 5.32 Å². The molecule has 2 aromatic rings. The zero-order valence-electron chi connectivity index (χ0n) is 13.0. The first-order chi connectivity index (χ1) is 10.8. The molecule has 0 unspecified atom stereocenters. The van der Waals surface area contributed by atoms with E-state index in [1.807, 2.05) is 24.3 Å². The van der Waals surface area contributed by atoms with E-state index in [2.05, 4.69) is 42.6 Å². The van der Waals surface area contributed by atoms with E-state index in [0.717, 1.165) is 30.9 Å². The van der Waals surface area contributed by atoms with Crippen molar-refractivity contribution in [2.24, 2.45) is 0 Å². The maximum atomic E-state index is 6.02. The number of ether oxygens (including phenoxy) is 2. The first-order valence-electron chi connectivity index (χ1n) is 7.99. The third-order valence-corrected chi connectivity index (χ3v) is 4.04. The van der Waals surface area contributed by atoms with Crippen LogP contribution in [0.15, 0.2) is 54.6 Å². The van der Waals surface area contributed by atoms with E-state index in [9.17, 15) is 0 Å². The van der Waals surface area contributed by atoms with Crippen molar-refractivity contribution >= 4 is 0 Å². The van der Waals surface area contributed by atoms with Crippen LogP contribution in [0.25, 0.3) is 0 Å². The molecule has 0 saturated carbocycles. The highest BCUT2D eigenvalue weighted by Crippen LogP contribution is 2.31. The largest absolute Gasteiger partial charge is 0.486 e. The van der Waals surface area contributed by atoms with Gasteiger partial charge in [-0.15, -0.1) is 0 Å². The minimum Gasteiger partial charge on any atom is -0.486 e. The highest BCUT2D eigenvalue weighted by Gasteiger charge is 2.25. The van der Waals surface area contributed by atoms with E-state index in [4.69, 9.17) is 9.47 Å². The molecule has 1 aliphatic heterocycles. The fourth-order valence-corrected chi connectivity index (χ4v) is 2.68. The van der Waals surface area contributed by atoms with Gasteiger partial charge >= 0.3 is 0 Å². The Bertz CT molecular complexity index is 585. The van der Waals surface area contributed by atoms with Crippen molar-refractivity contribution in [3.63, 3.8) is 0 Å². The number of aryl methyl sites for hydroxylation is 1. The number of hydrogen-bond acceptors (Lipinski definition) is 3. The molecule has 0 saturated heterocycles. The van der Waals surface area contributed by atoms with Crippen molar-refractivity contribution in [3.8, 4) is 11.5 Å². The van der Waals surface area contributed by atoms with E-state index >= 15 is 0 Å². The van der Waals surface area contributed by atoms with Crippen LogP contribution in [0.5, 0.6) is 11.5 Å². The molecule has 1 N–H and O–H groups in total. The Kier molecular flexibility index (Phi) is 4.96. The molecule has 3 nitrogen and oxygen atoms in total. The zero-order valence-corrected chi connectivity index (χ0v) is 13.0. The number of para-hydroxylation sites is 2. The summed E-state index contributed by atoms with van der Waals surface area (Å²) in [5, 5.41) is 3.55. The van der Waals surface area contributed by atoms with Crippen molar-refractivity contribution in [2.45, 2.75) is 31.9 Å². The molecule has 0 amide bonds. The molecular formula is C19H23NO2. The fourth-order valence-electron chi connectivity index (χ4n) is 2.68. The van der Waals surface area contributed by atoms with E-state index in [0.29, 0.717) is 6.61 Å².